The molecule has 4 N–H and O–H groups in total. The van der Waals surface area contributed by atoms with Crippen LogP contribution in [0.2, 0.25) is 0 Å². The first kappa shape index (κ1) is 13.5. The van der Waals surface area contributed by atoms with Crippen LogP contribution in [0.25, 0.3) is 11.0 Å². The van der Waals surface area contributed by atoms with E-state index in [2.05, 4.69) is 20.6 Å². The number of H-pyrrole nitrogens is 2. The second-order valence-electron chi connectivity index (χ2n) is 4.61. The van der Waals surface area contributed by atoms with Gasteiger partial charge >= 0.3 is 11.7 Å². The van der Waals surface area contributed by atoms with E-state index >= 15 is 0 Å². The van der Waals surface area contributed by atoms with Crippen molar-refractivity contribution in [3.8, 4) is 6.07 Å². The van der Waals surface area contributed by atoms with Crippen LogP contribution in [-0.2, 0) is 0 Å². The van der Waals surface area contributed by atoms with E-state index in [1.807, 2.05) is 6.07 Å². The number of aromatic nitrogens is 2. The first-order valence-electron chi connectivity index (χ1n) is 6.44. The highest BCUT2D eigenvalue weighted by atomic mass is 16.2. The molecular formula is C15H11N5O2. The fraction of sp³-hybridized carbons (Fsp3) is 0. The van der Waals surface area contributed by atoms with Gasteiger partial charge in [0.2, 0.25) is 0 Å². The third-order valence-electron chi connectivity index (χ3n) is 3.05. The average molecular weight is 293 g/mol. The van der Waals surface area contributed by atoms with Gasteiger partial charge in [-0.1, -0.05) is 0 Å². The molecule has 0 spiro atoms. The predicted molar refractivity (Wildman–Crippen MR) is 82.7 cm³/mol. The molecule has 2 amide bonds. The maximum absolute atomic E-state index is 11.9. The average Bonchev–Trinajstić information content (AvgIpc) is 2.87. The highest BCUT2D eigenvalue weighted by Crippen LogP contribution is 2.15. The molecule has 1 aromatic heterocycles. The number of urea groups is 1. The molecule has 7 nitrogen and oxygen atoms in total. The molecule has 0 saturated carbocycles. The van der Waals surface area contributed by atoms with Gasteiger partial charge in [-0.2, -0.15) is 5.26 Å². The zero-order valence-electron chi connectivity index (χ0n) is 11.3. The lowest BCUT2D eigenvalue weighted by Gasteiger charge is -2.07. The topological polar surface area (TPSA) is 114 Å². The number of nitrogens with zero attached hydrogens (tertiary/aromatic N) is 1. The monoisotopic (exact) mass is 293 g/mol. The van der Waals surface area contributed by atoms with Gasteiger partial charge in [0.05, 0.1) is 22.7 Å². The molecule has 0 unspecified atom stereocenters. The van der Waals surface area contributed by atoms with Crippen LogP contribution in [-0.4, -0.2) is 16.0 Å². The number of carbonyl (C=O) groups excluding carboxylic acids is 1. The molecule has 0 aliphatic rings. The molecule has 0 bridgehead atoms. The van der Waals surface area contributed by atoms with Crippen LogP contribution in [0.15, 0.2) is 47.3 Å². The fourth-order valence-electron chi connectivity index (χ4n) is 2.03. The van der Waals surface area contributed by atoms with E-state index in [1.165, 1.54) is 0 Å². The molecule has 0 atom stereocenters. The fourth-order valence-corrected chi connectivity index (χ4v) is 2.03. The smallest absolute Gasteiger partial charge is 0.308 e. The second kappa shape index (κ2) is 5.46. The van der Waals surface area contributed by atoms with E-state index in [0.717, 1.165) is 0 Å². The zero-order valence-corrected chi connectivity index (χ0v) is 11.3. The SMILES string of the molecule is N#Cc1ccc(NC(=O)Nc2ccc3[nH]c(=O)[nH]c3c2)cc1. The predicted octanol–water partition coefficient (Wildman–Crippen LogP) is 2.37. The van der Waals surface area contributed by atoms with Crippen molar-refractivity contribution in [3.63, 3.8) is 0 Å². The third-order valence-corrected chi connectivity index (χ3v) is 3.05. The van der Waals surface area contributed by atoms with Crippen LogP contribution in [0.4, 0.5) is 16.2 Å². The largest absolute Gasteiger partial charge is 0.323 e. The lowest BCUT2D eigenvalue weighted by Crippen LogP contribution is -2.19. The summed E-state index contributed by atoms with van der Waals surface area (Å²) in [4.78, 5) is 28.3. The Kier molecular flexibility index (Phi) is 3.34. The van der Waals surface area contributed by atoms with E-state index < -0.39 is 6.03 Å². The number of carbonyl (C=O) groups is 1. The Balaban J connectivity index is 1.71. The van der Waals surface area contributed by atoms with Crippen LogP contribution in [0.3, 0.4) is 0 Å². The van der Waals surface area contributed by atoms with Crippen LogP contribution in [0.5, 0.6) is 0 Å². The summed E-state index contributed by atoms with van der Waals surface area (Å²) >= 11 is 0. The number of amides is 2. The number of aromatic amines is 2. The standard InChI is InChI=1S/C15H11N5O2/c16-8-9-1-3-10(4-2-9)17-14(21)18-11-5-6-12-13(7-11)20-15(22)19-12/h1-7H,(H2,17,18,21)(H2,19,20,22). The van der Waals surface area contributed by atoms with Crippen molar-refractivity contribution in [2.75, 3.05) is 10.6 Å². The Labute approximate surface area is 124 Å². The van der Waals surface area contributed by atoms with Crippen molar-refractivity contribution in [1.29, 1.82) is 5.26 Å². The van der Waals surface area contributed by atoms with Crippen molar-refractivity contribution < 1.29 is 4.79 Å². The summed E-state index contributed by atoms with van der Waals surface area (Å²) in [6.45, 7) is 0. The van der Waals surface area contributed by atoms with Crippen LogP contribution in [0, 0.1) is 11.3 Å². The van der Waals surface area contributed by atoms with Crippen molar-refractivity contribution in [2.45, 2.75) is 0 Å². The van der Waals surface area contributed by atoms with Gasteiger partial charge in [-0.15, -0.1) is 0 Å². The third kappa shape index (κ3) is 2.81. The van der Waals surface area contributed by atoms with E-state index in [4.69, 9.17) is 5.26 Å². The molecule has 7 heteroatoms. The summed E-state index contributed by atoms with van der Waals surface area (Å²) in [6.07, 6.45) is 0. The van der Waals surface area contributed by atoms with Gasteiger partial charge in [-0.05, 0) is 42.5 Å². The highest BCUT2D eigenvalue weighted by Gasteiger charge is 2.05. The lowest BCUT2D eigenvalue weighted by atomic mass is 10.2. The van der Waals surface area contributed by atoms with Crippen molar-refractivity contribution in [1.82, 2.24) is 9.97 Å². The molecule has 22 heavy (non-hydrogen) atoms. The molecule has 0 aliphatic carbocycles. The Morgan fingerprint density at radius 3 is 2.32 bits per heavy atom. The van der Waals surface area contributed by atoms with E-state index in [-0.39, 0.29) is 5.69 Å². The molecule has 1 heterocycles. The summed E-state index contributed by atoms with van der Waals surface area (Å²) in [6, 6.07) is 13.2. The van der Waals surface area contributed by atoms with Gasteiger partial charge in [0, 0.05) is 11.4 Å². The molecule has 0 saturated heterocycles. The molecule has 3 aromatic rings. The van der Waals surface area contributed by atoms with Crippen LogP contribution in [0.1, 0.15) is 5.56 Å². The Morgan fingerprint density at radius 1 is 0.955 bits per heavy atom. The molecule has 0 radical (unpaired) electrons. The van der Waals surface area contributed by atoms with Crippen molar-refractivity contribution in [2.24, 2.45) is 0 Å². The van der Waals surface area contributed by atoms with E-state index in [0.29, 0.717) is 28.0 Å². The number of hydrogen-bond donors (Lipinski definition) is 4. The second-order valence-corrected chi connectivity index (χ2v) is 4.61. The van der Waals surface area contributed by atoms with Crippen molar-refractivity contribution >= 4 is 28.4 Å². The summed E-state index contributed by atoms with van der Waals surface area (Å²) in [7, 11) is 0. The highest BCUT2D eigenvalue weighted by molar-refractivity contribution is 6.00. The molecule has 0 aliphatic heterocycles. The van der Waals surface area contributed by atoms with Gasteiger partial charge < -0.3 is 20.6 Å². The van der Waals surface area contributed by atoms with Gasteiger partial charge in [-0.25, -0.2) is 9.59 Å². The number of imidazole rings is 1. The van der Waals surface area contributed by atoms with E-state index in [9.17, 15) is 9.59 Å². The summed E-state index contributed by atoms with van der Waals surface area (Å²) in [5, 5.41) is 14.0. The van der Waals surface area contributed by atoms with Crippen LogP contribution >= 0.6 is 0 Å². The zero-order chi connectivity index (χ0) is 15.5. The van der Waals surface area contributed by atoms with Gasteiger partial charge in [0.25, 0.3) is 0 Å². The van der Waals surface area contributed by atoms with E-state index in [1.54, 1.807) is 42.5 Å². The maximum atomic E-state index is 11.9. The first-order chi connectivity index (χ1) is 10.6. The molecule has 0 fully saturated rings. The quantitative estimate of drug-likeness (QED) is 0.581. The van der Waals surface area contributed by atoms with Crippen LogP contribution < -0.4 is 16.3 Å². The first-order valence-corrected chi connectivity index (χ1v) is 6.44. The minimum Gasteiger partial charge on any atom is -0.308 e. The molecule has 2 aromatic carbocycles. The minimum absolute atomic E-state index is 0.297. The number of nitriles is 1. The van der Waals surface area contributed by atoms with Gasteiger partial charge in [-0.3, -0.25) is 0 Å². The summed E-state index contributed by atoms with van der Waals surface area (Å²) in [5.74, 6) is 0. The molecular weight excluding hydrogens is 282 g/mol. The lowest BCUT2D eigenvalue weighted by molar-refractivity contribution is 0.262. The summed E-state index contributed by atoms with van der Waals surface area (Å²) in [5.41, 5.74) is 2.63. The number of nitrogens with one attached hydrogen (secondary N) is 4. The van der Waals surface area contributed by atoms with Gasteiger partial charge in [0.1, 0.15) is 0 Å². The maximum Gasteiger partial charge on any atom is 0.323 e. The Hall–Kier alpha value is -3.53. The molecule has 108 valence electrons. The number of benzene rings is 2. The number of hydrogen-bond acceptors (Lipinski definition) is 3. The van der Waals surface area contributed by atoms with Gasteiger partial charge in [0.15, 0.2) is 0 Å². The normalized spacial score (nSPS) is 10.1. The number of rotatable bonds is 2. The minimum atomic E-state index is -0.415. The summed E-state index contributed by atoms with van der Waals surface area (Å²) < 4.78 is 0. The van der Waals surface area contributed by atoms with Crippen molar-refractivity contribution in [3.05, 3.63) is 58.5 Å². The molecule has 3 rings (SSSR count). The number of anilines is 2. The Morgan fingerprint density at radius 2 is 1.59 bits per heavy atom. The number of fused-ring (bicyclic) bond motifs is 1. The Bertz CT molecular complexity index is 931.